The zero-order valence-corrected chi connectivity index (χ0v) is 10.1. The summed E-state index contributed by atoms with van der Waals surface area (Å²) in [5, 5.41) is 18.6. The highest BCUT2D eigenvalue weighted by molar-refractivity contribution is 5.70. The Kier molecular flexibility index (Phi) is 2.49. The highest BCUT2D eigenvalue weighted by Crippen LogP contribution is 2.44. The zero-order chi connectivity index (χ0) is 14.4. The number of nitrogen functional groups attached to an aromatic ring is 1. The highest BCUT2D eigenvalue weighted by atomic mass is 16.3. The Morgan fingerprint density at radius 1 is 1.58 bits per heavy atom. The summed E-state index contributed by atoms with van der Waals surface area (Å²) in [5.41, 5.74) is 5.35. The van der Waals surface area contributed by atoms with Crippen LogP contribution in [0.5, 0.6) is 0 Å². The molecule has 2 heterocycles. The Morgan fingerprint density at radius 2 is 2.37 bits per heavy atom. The standard InChI is InChI=1S/C11H15N5O3/c12-11-14-9-8(10(19)15-11)13-4-16(9)7-1-5(2-17)6(7)3-18/h4-7,17-18H,1-3H2,(H3,12,14,15,19)/t5-,6-,7-/m1/s1/i4T. The normalized spacial score (nSPS) is 27.3. The molecular weight excluding hydrogens is 250 g/mol. The topological polar surface area (TPSA) is 130 Å². The van der Waals surface area contributed by atoms with E-state index in [9.17, 15) is 15.0 Å². The molecule has 0 spiro atoms. The molecule has 1 saturated carbocycles. The molecular formula is C11H15N5O3. The minimum atomic E-state index is -0.488. The lowest BCUT2D eigenvalue weighted by atomic mass is 9.70. The molecule has 0 unspecified atom stereocenters. The van der Waals surface area contributed by atoms with Crippen LogP contribution in [0.1, 0.15) is 13.8 Å². The smallest absolute Gasteiger partial charge is 0.280 e. The summed E-state index contributed by atoms with van der Waals surface area (Å²) in [6, 6.07) is -0.205. The van der Waals surface area contributed by atoms with E-state index in [1.165, 1.54) is 4.57 Å². The Balaban J connectivity index is 2.13. The number of nitrogens with zero attached hydrogens (tertiary/aromatic N) is 3. The quantitative estimate of drug-likeness (QED) is 0.556. The number of aliphatic hydroxyl groups is 2. The van der Waals surface area contributed by atoms with Crippen LogP contribution in [0.4, 0.5) is 5.95 Å². The first-order chi connectivity index (χ1) is 9.56. The van der Waals surface area contributed by atoms with Crippen molar-refractivity contribution < 1.29 is 11.6 Å². The molecule has 0 saturated heterocycles. The molecule has 102 valence electrons. The molecule has 0 amide bonds. The maximum atomic E-state index is 11.7. The third kappa shape index (κ3) is 1.71. The van der Waals surface area contributed by atoms with Crippen molar-refractivity contribution in [3.05, 3.63) is 16.7 Å². The van der Waals surface area contributed by atoms with Crippen LogP contribution in [0.2, 0.25) is 0 Å². The number of hydrogen-bond donors (Lipinski definition) is 4. The van der Waals surface area contributed by atoms with Crippen LogP contribution >= 0.6 is 0 Å². The molecule has 3 atom stereocenters. The predicted octanol–water partition coefficient (Wildman–Crippen LogP) is -1.14. The van der Waals surface area contributed by atoms with Gasteiger partial charge in [-0.05, 0) is 12.3 Å². The van der Waals surface area contributed by atoms with Gasteiger partial charge in [0.2, 0.25) is 5.95 Å². The molecule has 1 aliphatic carbocycles. The van der Waals surface area contributed by atoms with E-state index in [0.717, 1.165) is 0 Å². The van der Waals surface area contributed by atoms with Crippen LogP contribution < -0.4 is 11.3 Å². The third-order valence-electron chi connectivity index (χ3n) is 3.81. The van der Waals surface area contributed by atoms with Crippen LogP contribution in [-0.4, -0.2) is 42.9 Å². The molecule has 8 heteroatoms. The van der Waals surface area contributed by atoms with Gasteiger partial charge in [0.25, 0.3) is 5.56 Å². The monoisotopic (exact) mass is 267 g/mol. The van der Waals surface area contributed by atoms with Gasteiger partial charge in [-0.2, -0.15) is 4.98 Å². The lowest BCUT2D eigenvalue weighted by Crippen LogP contribution is -2.42. The van der Waals surface area contributed by atoms with Gasteiger partial charge in [-0.1, -0.05) is 0 Å². The average Bonchev–Trinajstić information content (AvgIpc) is 2.67. The van der Waals surface area contributed by atoms with Crippen molar-refractivity contribution in [1.29, 1.82) is 0 Å². The first-order valence-corrected chi connectivity index (χ1v) is 6.02. The number of imidazole rings is 1. The van der Waals surface area contributed by atoms with Crippen LogP contribution in [-0.2, 0) is 0 Å². The number of aromatic nitrogens is 4. The van der Waals surface area contributed by atoms with E-state index in [0.29, 0.717) is 6.42 Å². The summed E-state index contributed by atoms with van der Waals surface area (Å²) in [7, 11) is 0. The molecule has 0 bridgehead atoms. The Morgan fingerprint density at radius 3 is 3.05 bits per heavy atom. The summed E-state index contributed by atoms with van der Waals surface area (Å²) in [5.74, 6) is -0.229. The van der Waals surface area contributed by atoms with E-state index in [-0.39, 0.29) is 54.5 Å². The molecule has 5 N–H and O–H groups in total. The molecule has 0 aromatic carbocycles. The molecule has 8 nitrogen and oxygen atoms in total. The molecule has 3 rings (SSSR count). The van der Waals surface area contributed by atoms with Gasteiger partial charge in [-0.15, -0.1) is 0 Å². The number of hydrogen-bond acceptors (Lipinski definition) is 6. The van der Waals surface area contributed by atoms with Gasteiger partial charge >= 0.3 is 0 Å². The maximum Gasteiger partial charge on any atom is 0.280 e. The van der Waals surface area contributed by atoms with Gasteiger partial charge in [0.1, 0.15) is 1.37 Å². The number of anilines is 1. The van der Waals surface area contributed by atoms with Gasteiger partial charge < -0.3 is 20.5 Å². The van der Waals surface area contributed by atoms with Crippen molar-refractivity contribution in [2.75, 3.05) is 18.9 Å². The van der Waals surface area contributed by atoms with Crippen LogP contribution in [0.25, 0.3) is 11.2 Å². The number of fused-ring (bicyclic) bond motifs is 1. The summed E-state index contributed by atoms with van der Waals surface area (Å²) >= 11 is 0. The van der Waals surface area contributed by atoms with Crippen LogP contribution in [0.3, 0.4) is 0 Å². The summed E-state index contributed by atoms with van der Waals surface area (Å²) in [4.78, 5) is 22.0. The minimum Gasteiger partial charge on any atom is -0.396 e. The summed E-state index contributed by atoms with van der Waals surface area (Å²) in [6.07, 6.45) is 0.511. The van der Waals surface area contributed by atoms with Crippen molar-refractivity contribution in [3.63, 3.8) is 0 Å². The van der Waals surface area contributed by atoms with E-state index in [2.05, 4.69) is 15.0 Å². The fourth-order valence-electron chi connectivity index (χ4n) is 2.68. The molecule has 2 aromatic rings. The number of nitrogens with one attached hydrogen (secondary N) is 1. The van der Waals surface area contributed by atoms with Gasteiger partial charge in [0, 0.05) is 25.2 Å². The summed E-state index contributed by atoms with van der Waals surface area (Å²) in [6.45, 7) is -0.120. The fourth-order valence-corrected chi connectivity index (χ4v) is 2.68. The second kappa shape index (κ2) is 4.32. The van der Waals surface area contributed by atoms with Crippen molar-refractivity contribution in [2.24, 2.45) is 11.8 Å². The van der Waals surface area contributed by atoms with E-state index < -0.39 is 5.56 Å². The number of nitrogens with two attached hydrogens (primary N) is 1. The summed E-state index contributed by atoms with van der Waals surface area (Å²) < 4.78 is 9.40. The minimum absolute atomic E-state index is 0.0128. The molecule has 0 radical (unpaired) electrons. The third-order valence-corrected chi connectivity index (χ3v) is 3.81. The second-order valence-electron chi connectivity index (χ2n) is 4.80. The van der Waals surface area contributed by atoms with Gasteiger partial charge in [-0.3, -0.25) is 9.78 Å². The van der Waals surface area contributed by atoms with E-state index in [1.807, 2.05) is 0 Å². The highest BCUT2D eigenvalue weighted by Gasteiger charge is 2.41. The lowest BCUT2D eigenvalue weighted by Gasteiger charge is -2.43. The number of aromatic amines is 1. The van der Waals surface area contributed by atoms with Crippen molar-refractivity contribution in [2.45, 2.75) is 12.5 Å². The first-order valence-electron chi connectivity index (χ1n) is 6.52. The molecule has 1 aliphatic rings. The average molecular weight is 267 g/mol. The van der Waals surface area contributed by atoms with Crippen LogP contribution in [0, 0.1) is 11.8 Å². The SMILES string of the molecule is [3H]c1nc2c(=O)[nH]c(N)nc2n1[C@@H]1C[C@H](CO)[C@H]1CO. The van der Waals surface area contributed by atoms with Gasteiger partial charge in [0.15, 0.2) is 11.2 Å². The first kappa shape index (κ1) is 10.9. The number of aliphatic hydroxyl groups excluding tert-OH is 2. The largest absolute Gasteiger partial charge is 0.396 e. The Labute approximate surface area is 109 Å². The maximum absolute atomic E-state index is 11.7. The predicted molar refractivity (Wildman–Crippen MR) is 67.4 cm³/mol. The molecule has 19 heavy (non-hydrogen) atoms. The number of rotatable bonds is 3. The number of H-pyrrole nitrogens is 1. The zero-order valence-electron chi connectivity index (χ0n) is 11.1. The van der Waals surface area contributed by atoms with Crippen molar-refractivity contribution in [3.8, 4) is 0 Å². The van der Waals surface area contributed by atoms with E-state index >= 15 is 0 Å². The van der Waals surface area contributed by atoms with E-state index in [1.54, 1.807) is 0 Å². The second-order valence-corrected chi connectivity index (χ2v) is 4.80. The van der Waals surface area contributed by atoms with Crippen molar-refractivity contribution in [1.82, 2.24) is 19.5 Å². The van der Waals surface area contributed by atoms with Crippen LogP contribution in [0.15, 0.2) is 11.1 Å². The Bertz CT molecular complexity index is 712. The van der Waals surface area contributed by atoms with Gasteiger partial charge in [0.05, 0.1) is 6.30 Å². The Hall–Kier alpha value is -1.93. The van der Waals surface area contributed by atoms with Crippen molar-refractivity contribution >= 4 is 17.1 Å². The molecule has 2 aromatic heterocycles. The van der Waals surface area contributed by atoms with E-state index in [4.69, 9.17) is 7.10 Å². The molecule has 0 aliphatic heterocycles. The lowest BCUT2D eigenvalue weighted by molar-refractivity contribution is -0.00528. The molecule has 1 fully saturated rings. The fraction of sp³-hybridized carbons (Fsp3) is 0.545. The van der Waals surface area contributed by atoms with Gasteiger partial charge in [-0.25, -0.2) is 4.98 Å².